The Morgan fingerprint density at radius 1 is 1.12 bits per heavy atom. The third-order valence-electron chi connectivity index (χ3n) is 5.37. The Morgan fingerprint density at radius 3 is 2.65 bits per heavy atom. The molecular formula is C21H24N2O3. The van der Waals surface area contributed by atoms with Gasteiger partial charge in [-0.15, -0.1) is 0 Å². The van der Waals surface area contributed by atoms with Crippen LogP contribution in [0, 0.1) is 0 Å². The largest absolute Gasteiger partial charge is 0.493 e. The van der Waals surface area contributed by atoms with Crippen molar-refractivity contribution in [3.8, 4) is 11.5 Å². The average Bonchev–Trinajstić information content (AvgIpc) is 3.26. The molecular weight excluding hydrogens is 328 g/mol. The van der Waals surface area contributed by atoms with Gasteiger partial charge >= 0.3 is 0 Å². The number of carbonyl (C=O) groups excluding carboxylic acids is 1. The van der Waals surface area contributed by atoms with E-state index in [0.717, 1.165) is 43.1 Å². The zero-order valence-corrected chi connectivity index (χ0v) is 15.0. The van der Waals surface area contributed by atoms with E-state index in [9.17, 15) is 4.79 Å². The molecule has 2 aliphatic heterocycles. The quantitative estimate of drug-likeness (QED) is 0.812. The topological polar surface area (TPSA) is 50.8 Å². The molecule has 136 valence electrons. The number of carbonyl (C=O) groups is 1. The van der Waals surface area contributed by atoms with Crippen LogP contribution in [0.3, 0.4) is 0 Å². The molecule has 0 bridgehead atoms. The monoisotopic (exact) mass is 352 g/mol. The summed E-state index contributed by atoms with van der Waals surface area (Å²) in [7, 11) is 1.64. The molecule has 1 unspecified atom stereocenters. The van der Waals surface area contributed by atoms with E-state index in [1.54, 1.807) is 7.11 Å². The van der Waals surface area contributed by atoms with Gasteiger partial charge in [0.05, 0.1) is 19.1 Å². The lowest BCUT2D eigenvalue weighted by atomic mass is 9.81. The smallest absolute Gasteiger partial charge is 0.239 e. The number of hydrogen-bond acceptors (Lipinski definition) is 4. The highest BCUT2D eigenvalue weighted by molar-refractivity contribution is 6.08. The van der Waals surface area contributed by atoms with Crippen LogP contribution in [0.1, 0.15) is 18.4 Å². The van der Waals surface area contributed by atoms with Gasteiger partial charge in [0, 0.05) is 18.8 Å². The minimum atomic E-state index is -0.375. The molecule has 0 saturated carbocycles. The zero-order valence-electron chi connectivity index (χ0n) is 15.0. The van der Waals surface area contributed by atoms with E-state index in [0.29, 0.717) is 13.2 Å². The summed E-state index contributed by atoms with van der Waals surface area (Å²) in [5.74, 6) is 1.69. The van der Waals surface area contributed by atoms with Crippen molar-refractivity contribution in [3.63, 3.8) is 0 Å². The molecule has 1 N–H and O–H groups in total. The van der Waals surface area contributed by atoms with Crippen molar-refractivity contribution in [2.45, 2.75) is 18.3 Å². The molecule has 1 amide bonds. The second-order valence-corrected chi connectivity index (χ2v) is 6.84. The van der Waals surface area contributed by atoms with Gasteiger partial charge in [-0.25, -0.2) is 0 Å². The number of para-hydroxylation sites is 3. The van der Waals surface area contributed by atoms with Crippen molar-refractivity contribution in [2.75, 3.05) is 38.3 Å². The van der Waals surface area contributed by atoms with E-state index in [-0.39, 0.29) is 11.3 Å². The maximum Gasteiger partial charge on any atom is 0.239 e. The van der Waals surface area contributed by atoms with Crippen molar-refractivity contribution in [1.82, 2.24) is 5.32 Å². The summed E-state index contributed by atoms with van der Waals surface area (Å²) >= 11 is 0. The van der Waals surface area contributed by atoms with Crippen LogP contribution in [0.4, 0.5) is 5.69 Å². The van der Waals surface area contributed by atoms with E-state index < -0.39 is 0 Å². The second-order valence-electron chi connectivity index (χ2n) is 6.84. The van der Waals surface area contributed by atoms with Crippen molar-refractivity contribution >= 4 is 11.6 Å². The Bertz CT molecular complexity index is 799. The number of hydrogen-bond donors (Lipinski definition) is 1. The maximum atomic E-state index is 13.2. The molecule has 4 rings (SSSR count). The molecule has 2 aliphatic rings. The summed E-state index contributed by atoms with van der Waals surface area (Å²) < 4.78 is 11.2. The number of rotatable bonds is 6. The first-order valence-corrected chi connectivity index (χ1v) is 9.14. The van der Waals surface area contributed by atoms with E-state index in [1.807, 2.05) is 41.3 Å². The number of amides is 1. The third kappa shape index (κ3) is 2.72. The maximum absolute atomic E-state index is 13.2. The number of nitrogens with zero attached hydrogens (tertiary/aromatic N) is 1. The summed E-state index contributed by atoms with van der Waals surface area (Å²) in [5.41, 5.74) is 1.85. The van der Waals surface area contributed by atoms with Crippen molar-refractivity contribution in [2.24, 2.45) is 0 Å². The fraction of sp³-hybridized carbons (Fsp3) is 0.381. The molecule has 1 fully saturated rings. The van der Waals surface area contributed by atoms with Crippen LogP contribution in [-0.2, 0) is 10.2 Å². The molecule has 0 radical (unpaired) electrons. The minimum absolute atomic E-state index is 0.223. The number of fused-ring (bicyclic) bond motifs is 2. The van der Waals surface area contributed by atoms with Crippen LogP contribution in [0.25, 0.3) is 0 Å². The standard InChI is InChI=1S/C21H24N2O3/c1-25-18-9-4-5-10-19(18)26-14-6-13-23-17-8-3-2-7-16(17)21(20(23)24)11-12-22-15-21/h2-5,7-10,22H,6,11-15H2,1H3. The average molecular weight is 352 g/mol. The van der Waals surface area contributed by atoms with Crippen molar-refractivity contribution in [1.29, 1.82) is 0 Å². The lowest BCUT2D eigenvalue weighted by Crippen LogP contribution is -2.42. The predicted octanol–water partition coefficient (Wildman–Crippen LogP) is 2.74. The second kappa shape index (κ2) is 7.00. The third-order valence-corrected chi connectivity index (χ3v) is 5.37. The minimum Gasteiger partial charge on any atom is -0.493 e. The van der Waals surface area contributed by atoms with Gasteiger partial charge in [-0.3, -0.25) is 4.79 Å². The van der Waals surface area contributed by atoms with Crippen LogP contribution in [0.5, 0.6) is 11.5 Å². The number of methoxy groups -OCH3 is 1. The van der Waals surface area contributed by atoms with Crippen LogP contribution in [-0.4, -0.2) is 39.3 Å². The van der Waals surface area contributed by atoms with Gasteiger partial charge in [-0.05, 0) is 43.1 Å². The molecule has 2 aromatic rings. The number of nitrogens with one attached hydrogen (secondary N) is 1. The van der Waals surface area contributed by atoms with Gasteiger partial charge in [0.25, 0.3) is 0 Å². The highest BCUT2D eigenvalue weighted by Crippen LogP contribution is 2.45. The van der Waals surface area contributed by atoms with Crippen LogP contribution in [0.15, 0.2) is 48.5 Å². The molecule has 2 heterocycles. The Morgan fingerprint density at radius 2 is 1.88 bits per heavy atom. The number of benzene rings is 2. The summed E-state index contributed by atoms with van der Waals surface area (Å²) in [4.78, 5) is 15.1. The molecule has 26 heavy (non-hydrogen) atoms. The van der Waals surface area contributed by atoms with Gasteiger partial charge < -0.3 is 19.7 Å². The highest BCUT2D eigenvalue weighted by Gasteiger charge is 2.51. The predicted molar refractivity (Wildman–Crippen MR) is 101 cm³/mol. The fourth-order valence-electron chi connectivity index (χ4n) is 4.07. The SMILES string of the molecule is COc1ccccc1OCCCN1C(=O)C2(CCNC2)c2ccccc21. The van der Waals surface area contributed by atoms with Crippen molar-refractivity contribution in [3.05, 3.63) is 54.1 Å². The van der Waals surface area contributed by atoms with Crippen LogP contribution >= 0.6 is 0 Å². The molecule has 1 atom stereocenters. The normalized spacial score (nSPS) is 21.3. The van der Waals surface area contributed by atoms with Crippen molar-refractivity contribution < 1.29 is 14.3 Å². The van der Waals surface area contributed by atoms with Gasteiger partial charge in [0.15, 0.2) is 11.5 Å². The summed E-state index contributed by atoms with van der Waals surface area (Å²) in [6, 6.07) is 15.8. The first kappa shape index (κ1) is 16.9. The van der Waals surface area contributed by atoms with Gasteiger partial charge in [-0.1, -0.05) is 30.3 Å². The Labute approximate surface area is 153 Å². The van der Waals surface area contributed by atoms with Gasteiger partial charge in [0.2, 0.25) is 5.91 Å². The van der Waals surface area contributed by atoms with Gasteiger partial charge in [-0.2, -0.15) is 0 Å². The van der Waals surface area contributed by atoms with Crippen LogP contribution in [0.2, 0.25) is 0 Å². The van der Waals surface area contributed by atoms with E-state index in [4.69, 9.17) is 9.47 Å². The van der Waals surface area contributed by atoms with E-state index in [2.05, 4.69) is 17.4 Å². The van der Waals surface area contributed by atoms with Crippen LogP contribution < -0.4 is 19.7 Å². The summed E-state index contributed by atoms with van der Waals surface area (Å²) in [6.07, 6.45) is 1.64. The highest BCUT2D eigenvalue weighted by atomic mass is 16.5. The lowest BCUT2D eigenvalue weighted by molar-refractivity contribution is -0.122. The van der Waals surface area contributed by atoms with E-state index in [1.165, 1.54) is 5.56 Å². The first-order valence-electron chi connectivity index (χ1n) is 9.14. The molecule has 1 spiro atoms. The number of anilines is 1. The molecule has 0 aromatic heterocycles. The Balaban J connectivity index is 1.43. The molecule has 5 heteroatoms. The molecule has 0 aliphatic carbocycles. The molecule has 1 saturated heterocycles. The summed E-state index contributed by atoms with van der Waals surface area (Å²) in [5, 5.41) is 3.36. The zero-order chi connectivity index (χ0) is 18.0. The number of ether oxygens (including phenoxy) is 2. The van der Waals surface area contributed by atoms with Gasteiger partial charge in [0.1, 0.15) is 0 Å². The summed E-state index contributed by atoms with van der Waals surface area (Å²) in [6.45, 7) is 2.83. The lowest BCUT2D eigenvalue weighted by Gasteiger charge is -2.23. The molecule has 2 aromatic carbocycles. The fourth-order valence-corrected chi connectivity index (χ4v) is 4.07. The van der Waals surface area contributed by atoms with E-state index >= 15 is 0 Å². The Hall–Kier alpha value is -2.53. The molecule has 5 nitrogen and oxygen atoms in total. The Kier molecular flexibility index (Phi) is 4.55. The first-order chi connectivity index (χ1) is 12.8.